The molecule has 6 heteroatoms. The second-order valence-electron chi connectivity index (χ2n) is 5.70. The molecule has 0 aliphatic rings. The number of halogens is 1. The molecule has 3 N–H and O–H groups in total. The van der Waals surface area contributed by atoms with E-state index < -0.39 is 6.04 Å². The van der Waals surface area contributed by atoms with Gasteiger partial charge < -0.3 is 15.8 Å². The molecule has 0 bridgehead atoms. The van der Waals surface area contributed by atoms with Gasteiger partial charge in [-0.3, -0.25) is 4.79 Å². The number of methoxy groups -OCH3 is 1. The zero-order chi connectivity index (χ0) is 17.4. The van der Waals surface area contributed by atoms with Crippen molar-refractivity contribution in [3.8, 4) is 5.75 Å². The first kappa shape index (κ1) is 21.4. The Kier molecular flexibility index (Phi) is 9.42. The molecule has 1 amide bonds. The van der Waals surface area contributed by atoms with Crippen LogP contribution in [0.1, 0.15) is 18.5 Å². The lowest BCUT2D eigenvalue weighted by molar-refractivity contribution is -0.122. The van der Waals surface area contributed by atoms with Crippen LogP contribution in [-0.2, 0) is 4.79 Å². The van der Waals surface area contributed by atoms with E-state index in [9.17, 15) is 4.79 Å². The third kappa shape index (κ3) is 6.61. The van der Waals surface area contributed by atoms with Crippen LogP contribution in [0.25, 0.3) is 0 Å². The first-order valence-electron chi connectivity index (χ1n) is 7.96. The molecule has 0 aliphatic carbocycles. The van der Waals surface area contributed by atoms with Crippen molar-refractivity contribution in [2.75, 3.05) is 19.4 Å². The monoisotopic (exact) mass is 380 g/mol. The maximum Gasteiger partial charge on any atom is 0.241 e. The molecule has 0 aromatic heterocycles. The van der Waals surface area contributed by atoms with E-state index in [-0.39, 0.29) is 18.3 Å². The Hall–Kier alpha value is -1.69. The van der Waals surface area contributed by atoms with Crippen LogP contribution in [0.5, 0.6) is 5.75 Å². The van der Waals surface area contributed by atoms with Crippen LogP contribution in [0, 0.1) is 5.92 Å². The van der Waals surface area contributed by atoms with Gasteiger partial charge in [0.1, 0.15) is 11.8 Å². The topological polar surface area (TPSA) is 64.3 Å². The first-order valence-corrected chi connectivity index (χ1v) is 8.94. The van der Waals surface area contributed by atoms with E-state index in [0.717, 1.165) is 22.0 Å². The number of hydrogen-bond donors (Lipinski definition) is 2. The quantitative estimate of drug-likeness (QED) is 0.686. The van der Waals surface area contributed by atoms with Crippen molar-refractivity contribution in [2.45, 2.75) is 17.9 Å². The lowest BCUT2D eigenvalue weighted by atomic mass is 10.1. The molecule has 0 fully saturated rings. The number of nitrogens with one attached hydrogen (secondary N) is 1. The van der Waals surface area contributed by atoms with Gasteiger partial charge in [-0.1, -0.05) is 49.4 Å². The first-order chi connectivity index (χ1) is 11.6. The van der Waals surface area contributed by atoms with Gasteiger partial charge in [-0.25, -0.2) is 0 Å². The van der Waals surface area contributed by atoms with Crippen LogP contribution in [0.4, 0.5) is 0 Å². The number of rotatable bonds is 8. The molecular weight excluding hydrogens is 356 g/mol. The highest BCUT2D eigenvalue weighted by Gasteiger charge is 2.16. The second kappa shape index (κ2) is 11.0. The molecule has 0 radical (unpaired) electrons. The van der Waals surface area contributed by atoms with E-state index in [0.29, 0.717) is 12.5 Å². The number of ether oxygens (including phenoxy) is 1. The zero-order valence-electron chi connectivity index (χ0n) is 14.5. The highest BCUT2D eigenvalue weighted by molar-refractivity contribution is 7.99. The average molecular weight is 381 g/mol. The largest absolute Gasteiger partial charge is 0.496 e. The van der Waals surface area contributed by atoms with E-state index >= 15 is 0 Å². The zero-order valence-corrected chi connectivity index (χ0v) is 16.1. The molecule has 136 valence electrons. The summed E-state index contributed by atoms with van der Waals surface area (Å²) < 4.78 is 5.35. The fraction of sp³-hybridized carbons (Fsp3) is 0.316. The molecule has 2 atom stereocenters. The summed E-state index contributed by atoms with van der Waals surface area (Å²) in [5, 5.41) is 2.94. The Morgan fingerprint density at radius 1 is 1.16 bits per heavy atom. The van der Waals surface area contributed by atoms with Gasteiger partial charge in [0, 0.05) is 17.2 Å². The Balaban J connectivity index is 0.00000312. The minimum atomic E-state index is -0.625. The van der Waals surface area contributed by atoms with Crippen LogP contribution >= 0.6 is 24.2 Å². The summed E-state index contributed by atoms with van der Waals surface area (Å²) in [6.45, 7) is 2.71. The molecule has 0 aliphatic heterocycles. The predicted molar refractivity (Wildman–Crippen MR) is 107 cm³/mol. The number of thioether (sulfide) groups is 1. The fourth-order valence-electron chi connectivity index (χ4n) is 2.23. The summed E-state index contributed by atoms with van der Waals surface area (Å²) in [7, 11) is 1.67. The molecule has 0 saturated heterocycles. The average Bonchev–Trinajstić information content (AvgIpc) is 2.64. The molecule has 2 aromatic rings. The number of carbonyl (C=O) groups excluding carboxylic acids is 1. The molecule has 0 heterocycles. The maximum atomic E-state index is 12.2. The minimum absolute atomic E-state index is 0. The maximum absolute atomic E-state index is 12.2. The minimum Gasteiger partial charge on any atom is -0.496 e. The number of amides is 1. The van der Waals surface area contributed by atoms with Gasteiger partial charge >= 0.3 is 0 Å². The van der Waals surface area contributed by atoms with Gasteiger partial charge in [-0.15, -0.1) is 24.2 Å². The highest BCUT2D eigenvalue weighted by Crippen LogP contribution is 2.29. The van der Waals surface area contributed by atoms with Crippen LogP contribution in [0.15, 0.2) is 59.5 Å². The van der Waals surface area contributed by atoms with Crippen molar-refractivity contribution < 1.29 is 9.53 Å². The lowest BCUT2D eigenvalue weighted by Gasteiger charge is -2.16. The van der Waals surface area contributed by atoms with Gasteiger partial charge in [0.15, 0.2) is 0 Å². The number of para-hydroxylation sites is 1. The van der Waals surface area contributed by atoms with Gasteiger partial charge in [0.05, 0.1) is 7.11 Å². The third-order valence-corrected chi connectivity index (χ3v) is 5.04. The number of hydrogen-bond acceptors (Lipinski definition) is 4. The summed E-state index contributed by atoms with van der Waals surface area (Å²) in [6, 6.07) is 16.7. The van der Waals surface area contributed by atoms with Crippen molar-refractivity contribution in [1.82, 2.24) is 5.32 Å². The molecule has 2 rings (SSSR count). The van der Waals surface area contributed by atoms with Gasteiger partial charge in [0.2, 0.25) is 5.91 Å². The Morgan fingerprint density at radius 3 is 2.48 bits per heavy atom. The second-order valence-corrected chi connectivity index (χ2v) is 6.76. The molecule has 2 aromatic carbocycles. The van der Waals surface area contributed by atoms with Crippen LogP contribution in [-0.4, -0.2) is 25.3 Å². The van der Waals surface area contributed by atoms with Crippen molar-refractivity contribution in [3.05, 3.63) is 60.2 Å². The van der Waals surface area contributed by atoms with E-state index in [2.05, 4.69) is 12.2 Å². The van der Waals surface area contributed by atoms with Crippen molar-refractivity contribution >= 4 is 30.1 Å². The van der Waals surface area contributed by atoms with E-state index in [1.165, 1.54) is 0 Å². The number of benzene rings is 2. The van der Waals surface area contributed by atoms with Crippen molar-refractivity contribution in [1.29, 1.82) is 0 Å². The van der Waals surface area contributed by atoms with E-state index in [1.807, 2.05) is 54.6 Å². The highest BCUT2D eigenvalue weighted by atomic mass is 35.5. The van der Waals surface area contributed by atoms with Crippen molar-refractivity contribution in [2.24, 2.45) is 11.7 Å². The molecule has 25 heavy (non-hydrogen) atoms. The van der Waals surface area contributed by atoms with E-state index in [1.54, 1.807) is 18.9 Å². The van der Waals surface area contributed by atoms with Crippen LogP contribution in [0.3, 0.4) is 0 Å². The fourth-order valence-corrected chi connectivity index (χ4v) is 3.28. The summed E-state index contributed by atoms with van der Waals surface area (Å²) in [5.41, 5.74) is 6.82. The predicted octanol–water partition coefficient (Wildman–Crippen LogP) is 3.66. The van der Waals surface area contributed by atoms with Crippen molar-refractivity contribution in [3.63, 3.8) is 0 Å². The molecule has 0 saturated carbocycles. The van der Waals surface area contributed by atoms with Gasteiger partial charge in [0.25, 0.3) is 0 Å². The smallest absolute Gasteiger partial charge is 0.241 e. The SMILES string of the molecule is COc1ccccc1SCC(C)CNC(=O)C(N)c1ccccc1.Cl. The van der Waals surface area contributed by atoms with Crippen LogP contribution in [0.2, 0.25) is 0 Å². The molecular formula is C19H25ClN2O2S. The summed E-state index contributed by atoms with van der Waals surface area (Å²) >= 11 is 1.73. The van der Waals surface area contributed by atoms with Crippen LogP contribution < -0.4 is 15.8 Å². The Morgan fingerprint density at radius 2 is 1.80 bits per heavy atom. The van der Waals surface area contributed by atoms with Gasteiger partial charge in [-0.2, -0.15) is 0 Å². The lowest BCUT2D eigenvalue weighted by Crippen LogP contribution is -2.36. The standard InChI is InChI=1S/C19H24N2O2S.ClH/c1-14(13-24-17-11-7-6-10-16(17)23-2)12-21-19(22)18(20)15-8-4-3-5-9-15;/h3-11,14,18H,12-13,20H2,1-2H3,(H,21,22);1H. The summed E-state index contributed by atoms with van der Waals surface area (Å²) in [6.07, 6.45) is 0. The normalized spacial score (nSPS) is 12.6. The van der Waals surface area contributed by atoms with Gasteiger partial charge in [-0.05, 0) is 23.6 Å². The third-order valence-electron chi connectivity index (χ3n) is 3.66. The summed E-state index contributed by atoms with van der Waals surface area (Å²) in [4.78, 5) is 13.3. The summed E-state index contributed by atoms with van der Waals surface area (Å²) in [5.74, 6) is 1.95. The molecule has 0 spiro atoms. The Bertz CT molecular complexity index is 655. The number of carbonyl (C=O) groups is 1. The van der Waals surface area contributed by atoms with E-state index in [4.69, 9.17) is 10.5 Å². The Labute approximate surface area is 159 Å². The molecule has 4 nitrogen and oxygen atoms in total. The molecule has 2 unspecified atom stereocenters. The number of nitrogens with two attached hydrogens (primary N) is 1.